The summed E-state index contributed by atoms with van der Waals surface area (Å²) in [7, 11) is 1.76. The highest BCUT2D eigenvalue weighted by Crippen LogP contribution is 2.19. The SMILES string of the molecule is CN=C(NCCCOCC(C)C)NCCc1c[nH]c2cc(F)ccc12. The number of nitrogens with zero attached hydrogens (tertiary/aromatic N) is 1. The summed E-state index contributed by atoms with van der Waals surface area (Å²) in [5, 5.41) is 7.65. The van der Waals surface area contributed by atoms with Crippen molar-refractivity contribution in [3.05, 3.63) is 35.8 Å². The van der Waals surface area contributed by atoms with Gasteiger partial charge in [-0.1, -0.05) is 13.8 Å². The van der Waals surface area contributed by atoms with Crippen LogP contribution in [0.1, 0.15) is 25.8 Å². The topological polar surface area (TPSA) is 61.4 Å². The lowest BCUT2D eigenvalue weighted by Gasteiger charge is -2.12. The minimum atomic E-state index is -0.221. The van der Waals surface area contributed by atoms with E-state index < -0.39 is 0 Å². The number of hydrogen-bond acceptors (Lipinski definition) is 2. The summed E-state index contributed by atoms with van der Waals surface area (Å²) in [4.78, 5) is 7.34. The van der Waals surface area contributed by atoms with Gasteiger partial charge in [-0.3, -0.25) is 4.99 Å². The van der Waals surface area contributed by atoms with Crippen LogP contribution in [0.4, 0.5) is 4.39 Å². The van der Waals surface area contributed by atoms with Crippen LogP contribution in [0.2, 0.25) is 0 Å². The summed E-state index contributed by atoms with van der Waals surface area (Å²) < 4.78 is 18.8. The van der Waals surface area contributed by atoms with Crippen molar-refractivity contribution >= 4 is 16.9 Å². The molecule has 0 saturated heterocycles. The number of aliphatic imine (C=N–C) groups is 1. The van der Waals surface area contributed by atoms with Gasteiger partial charge in [0.1, 0.15) is 5.82 Å². The molecule has 0 spiro atoms. The maximum atomic E-state index is 13.2. The lowest BCUT2D eigenvalue weighted by Crippen LogP contribution is -2.39. The molecule has 1 aromatic carbocycles. The first-order valence-electron chi connectivity index (χ1n) is 8.88. The zero-order chi connectivity index (χ0) is 18.1. The number of H-pyrrole nitrogens is 1. The number of fused-ring (bicyclic) bond motifs is 1. The van der Waals surface area contributed by atoms with E-state index in [2.05, 4.69) is 34.5 Å². The Morgan fingerprint density at radius 3 is 2.84 bits per heavy atom. The third-order valence-electron chi connectivity index (χ3n) is 3.85. The fourth-order valence-electron chi connectivity index (χ4n) is 2.60. The quantitative estimate of drug-likeness (QED) is 0.371. The van der Waals surface area contributed by atoms with Gasteiger partial charge >= 0.3 is 0 Å². The first-order chi connectivity index (χ1) is 12.1. The van der Waals surface area contributed by atoms with Crippen molar-refractivity contribution in [3.63, 3.8) is 0 Å². The maximum absolute atomic E-state index is 13.2. The second-order valence-corrected chi connectivity index (χ2v) is 6.50. The first kappa shape index (κ1) is 19.2. The fraction of sp³-hybridized carbons (Fsp3) is 0.526. The van der Waals surface area contributed by atoms with E-state index in [4.69, 9.17) is 4.74 Å². The van der Waals surface area contributed by atoms with Crippen molar-refractivity contribution in [2.45, 2.75) is 26.7 Å². The number of guanidine groups is 1. The van der Waals surface area contributed by atoms with Crippen molar-refractivity contribution in [2.24, 2.45) is 10.9 Å². The molecule has 3 N–H and O–H groups in total. The number of rotatable bonds is 9. The summed E-state index contributed by atoms with van der Waals surface area (Å²) in [6.07, 6.45) is 3.72. The van der Waals surface area contributed by atoms with Gasteiger partial charge in [-0.2, -0.15) is 0 Å². The molecule has 0 fully saturated rings. The van der Waals surface area contributed by atoms with Gasteiger partial charge < -0.3 is 20.4 Å². The zero-order valence-corrected chi connectivity index (χ0v) is 15.4. The Morgan fingerprint density at radius 2 is 2.08 bits per heavy atom. The Balaban J connectivity index is 1.68. The van der Waals surface area contributed by atoms with E-state index >= 15 is 0 Å². The van der Waals surface area contributed by atoms with Crippen LogP contribution in [0.3, 0.4) is 0 Å². The molecule has 0 aliphatic heterocycles. The molecule has 0 saturated carbocycles. The van der Waals surface area contributed by atoms with Crippen LogP contribution < -0.4 is 10.6 Å². The van der Waals surface area contributed by atoms with Crippen LogP contribution >= 0.6 is 0 Å². The highest BCUT2D eigenvalue weighted by Gasteiger charge is 2.05. The average Bonchev–Trinajstić information content (AvgIpc) is 2.98. The van der Waals surface area contributed by atoms with Crippen molar-refractivity contribution in [1.82, 2.24) is 15.6 Å². The Bertz CT molecular complexity index is 681. The molecule has 138 valence electrons. The number of hydrogen-bond donors (Lipinski definition) is 3. The third kappa shape index (κ3) is 6.38. The molecule has 6 heteroatoms. The van der Waals surface area contributed by atoms with Crippen LogP contribution in [0, 0.1) is 11.7 Å². The molecule has 0 amide bonds. The third-order valence-corrected chi connectivity index (χ3v) is 3.85. The molecule has 0 unspecified atom stereocenters. The number of benzene rings is 1. The summed E-state index contributed by atoms with van der Waals surface area (Å²) in [6.45, 7) is 7.44. The van der Waals surface area contributed by atoms with Gasteiger partial charge in [0.15, 0.2) is 5.96 Å². The van der Waals surface area contributed by atoms with E-state index in [9.17, 15) is 4.39 Å². The molecule has 0 bridgehead atoms. The number of aromatic amines is 1. The molecule has 25 heavy (non-hydrogen) atoms. The van der Waals surface area contributed by atoms with Gasteiger partial charge in [0.2, 0.25) is 0 Å². The highest BCUT2D eigenvalue weighted by atomic mass is 19.1. The summed E-state index contributed by atoms with van der Waals surface area (Å²) in [6, 6.07) is 4.84. The normalized spacial score (nSPS) is 12.1. The number of aromatic nitrogens is 1. The van der Waals surface area contributed by atoms with E-state index in [0.717, 1.165) is 56.0 Å². The second kappa shape index (κ2) is 10.0. The van der Waals surface area contributed by atoms with E-state index in [-0.39, 0.29) is 5.82 Å². The van der Waals surface area contributed by atoms with E-state index in [0.29, 0.717) is 5.92 Å². The molecule has 2 rings (SSSR count). The van der Waals surface area contributed by atoms with Crippen molar-refractivity contribution in [1.29, 1.82) is 0 Å². The smallest absolute Gasteiger partial charge is 0.190 e. The summed E-state index contributed by atoms with van der Waals surface area (Å²) in [5.74, 6) is 1.14. The molecule has 0 radical (unpaired) electrons. The molecule has 5 nitrogen and oxygen atoms in total. The van der Waals surface area contributed by atoms with Crippen LogP contribution in [-0.2, 0) is 11.2 Å². The van der Waals surface area contributed by atoms with Gasteiger partial charge in [-0.25, -0.2) is 4.39 Å². The van der Waals surface area contributed by atoms with E-state index in [1.54, 1.807) is 7.05 Å². The predicted octanol–water partition coefficient (Wildman–Crippen LogP) is 3.08. The lowest BCUT2D eigenvalue weighted by atomic mass is 10.1. The summed E-state index contributed by atoms with van der Waals surface area (Å²) in [5.41, 5.74) is 2.00. The zero-order valence-electron chi connectivity index (χ0n) is 15.4. The molecule has 2 aromatic rings. The molecule has 1 aromatic heterocycles. The van der Waals surface area contributed by atoms with Gasteiger partial charge in [-0.15, -0.1) is 0 Å². The van der Waals surface area contributed by atoms with Gasteiger partial charge in [0, 0.05) is 50.5 Å². The Hall–Kier alpha value is -2.08. The predicted molar refractivity (Wildman–Crippen MR) is 102 cm³/mol. The van der Waals surface area contributed by atoms with Crippen molar-refractivity contribution in [2.75, 3.05) is 33.4 Å². The van der Waals surface area contributed by atoms with Crippen LogP contribution in [0.25, 0.3) is 10.9 Å². The molecular formula is C19H29FN4O. The summed E-state index contributed by atoms with van der Waals surface area (Å²) >= 11 is 0. The average molecular weight is 348 g/mol. The molecule has 0 atom stereocenters. The van der Waals surface area contributed by atoms with Gasteiger partial charge in [-0.05, 0) is 42.5 Å². The Kier molecular flexibility index (Phi) is 7.73. The number of halogens is 1. The number of nitrogens with one attached hydrogen (secondary N) is 3. The van der Waals surface area contributed by atoms with Crippen LogP contribution in [0.15, 0.2) is 29.4 Å². The standard InChI is InChI=1S/C19H29FN4O/c1-14(2)13-25-10-4-8-22-19(21-3)23-9-7-15-12-24-18-11-16(20)5-6-17(15)18/h5-6,11-12,14,24H,4,7-10,13H2,1-3H3,(H2,21,22,23). The van der Waals surface area contributed by atoms with E-state index in [1.807, 2.05) is 12.3 Å². The minimum Gasteiger partial charge on any atom is -0.381 e. The Morgan fingerprint density at radius 1 is 1.28 bits per heavy atom. The maximum Gasteiger partial charge on any atom is 0.190 e. The van der Waals surface area contributed by atoms with Crippen LogP contribution in [0.5, 0.6) is 0 Å². The van der Waals surface area contributed by atoms with Crippen molar-refractivity contribution < 1.29 is 9.13 Å². The highest BCUT2D eigenvalue weighted by molar-refractivity contribution is 5.83. The largest absolute Gasteiger partial charge is 0.381 e. The Labute approximate surface area is 149 Å². The minimum absolute atomic E-state index is 0.221. The molecule has 1 heterocycles. The molecular weight excluding hydrogens is 319 g/mol. The van der Waals surface area contributed by atoms with E-state index in [1.165, 1.54) is 17.7 Å². The fourth-order valence-corrected chi connectivity index (χ4v) is 2.60. The molecule has 0 aliphatic rings. The van der Waals surface area contributed by atoms with Crippen molar-refractivity contribution in [3.8, 4) is 0 Å². The number of ether oxygens (including phenoxy) is 1. The van der Waals surface area contributed by atoms with Gasteiger partial charge in [0.25, 0.3) is 0 Å². The first-order valence-corrected chi connectivity index (χ1v) is 8.88. The second-order valence-electron chi connectivity index (χ2n) is 6.50. The van der Waals surface area contributed by atoms with Gasteiger partial charge in [0.05, 0.1) is 0 Å². The lowest BCUT2D eigenvalue weighted by molar-refractivity contribution is 0.108. The van der Waals surface area contributed by atoms with Crippen LogP contribution in [-0.4, -0.2) is 44.3 Å². The molecule has 0 aliphatic carbocycles. The monoisotopic (exact) mass is 348 g/mol.